The van der Waals surface area contributed by atoms with Gasteiger partial charge in [0.2, 0.25) is 5.91 Å². The molecule has 0 unspecified atom stereocenters. The van der Waals surface area contributed by atoms with Gasteiger partial charge in [-0.2, -0.15) is 0 Å². The molecule has 6 nitrogen and oxygen atoms in total. The minimum Gasteiger partial charge on any atom is -0.365 e. The average Bonchev–Trinajstić information content (AvgIpc) is 2.63. The molecular formula is C20H30N4O2. The van der Waals surface area contributed by atoms with Crippen LogP contribution < -0.4 is 10.6 Å². The summed E-state index contributed by atoms with van der Waals surface area (Å²) in [6.45, 7) is 7.74. The Bertz CT molecular complexity index is 676. The van der Waals surface area contributed by atoms with Crippen LogP contribution in [0.1, 0.15) is 56.3 Å². The lowest BCUT2D eigenvalue weighted by Gasteiger charge is -2.48. The summed E-state index contributed by atoms with van der Waals surface area (Å²) in [5, 5.41) is 0. The summed E-state index contributed by atoms with van der Waals surface area (Å²) in [6, 6.07) is 3.49. The third-order valence-electron chi connectivity index (χ3n) is 5.74. The van der Waals surface area contributed by atoms with Crippen LogP contribution in [0.15, 0.2) is 18.3 Å². The Labute approximate surface area is 155 Å². The Balaban J connectivity index is 1.77. The van der Waals surface area contributed by atoms with E-state index in [0.717, 1.165) is 51.9 Å². The molecule has 2 fully saturated rings. The Morgan fingerprint density at radius 1 is 1.35 bits per heavy atom. The Morgan fingerprint density at radius 3 is 2.88 bits per heavy atom. The molecule has 0 radical (unpaired) electrons. The molecule has 6 heteroatoms. The number of nitrogens with two attached hydrogens (primary N) is 1. The van der Waals surface area contributed by atoms with Crippen LogP contribution in [0, 0.1) is 11.3 Å². The third kappa shape index (κ3) is 4.00. The summed E-state index contributed by atoms with van der Waals surface area (Å²) in [5.74, 6) is 1.12. The molecule has 3 rings (SSSR count). The summed E-state index contributed by atoms with van der Waals surface area (Å²) < 4.78 is 0. The minimum atomic E-state index is -0.440. The normalized spacial score (nSPS) is 23.7. The molecule has 1 atom stereocenters. The van der Waals surface area contributed by atoms with Gasteiger partial charge in [0.15, 0.2) is 0 Å². The van der Waals surface area contributed by atoms with E-state index >= 15 is 0 Å². The first-order valence-corrected chi connectivity index (χ1v) is 9.68. The molecule has 1 aromatic heterocycles. The van der Waals surface area contributed by atoms with Crippen LogP contribution in [0.4, 0.5) is 5.82 Å². The second kappa shape index (κ2) is 7.64. The zero-order valence-corrected chi connectivity index (χ0v) is 15.9. The highest BCUT2D eigenvalue weighted by Crippen LogP contribution is 2.40. The molecule has 2 aliphatic heterocycles. The number of hydrogen-bond donors (Lipinski definition) is 1. The molecule has 2 aliphatic rings. The summed E-state index contributed by atoms with van der Waals surface area (Å²) in [5.41, 5.74) is 6.11. The maximum atomic E-state index is 12.4. The number of primary amides is 1. The van der Waals surface area contributed by atoms with Crippen molar-refractivity contribution in [3.05, 3.63) is 23.9 Å². The van der Waals surface area contributed by atoms with Gasteiger partial charge in [0, 0.05) is 44.2 Å². The van der Waals surface area contributed by atoms with Crippen molar-refractivity contribution >= 4 is 17.6 Å². The van der Waals surface area contributed by atoms with Crippen LogP contribution in [0.3, 0.4) is 0 Å². The van der Waals surface area contributed by atoms with Gasteiger partial charge in [-0.05, 0) is 43.7 Å². The third-order valence-corrected chi connectivity index (χ3v) is 5.74. The van der Waals surface area contributed by atoms with Crippen molar-refractivity contribution in [1.82, 2.24) is 9.88 Å². The van der Waals surface area contributed by atoms with Gasteiger partial charge in [-0.1, -0.05) is 13.8 Å². The van der Waals surface area contributed by atoms with Crippen molar-refractivity contribution < 1.29 is 9.59 Å². The summed E-state index contributed by atoms with van der Waals surface area (Å²) in [7, 11) is 0. The number of piperidine rings is 2. The summed E-state index contributed by atoms with van der Waals surface area (Å²) >= 11 is 0. The number of nitrogens with zero attached hydrogens (tertiary/aromatic N) is 3. The number of amides is 2. The molecule has 0 aliphatic carbocycles. The molecular weight excluding hydrogens is 328 g/mol. The summed E-state index contributed by atoms with van der Waals surface area (Å²) in [4.78, 5) is 32.8. The highest BCUT2D eigenvalue weighted by atomic mass is 16.2. The number of likely N-dealkylation sites (tertiary alicyclic amines) is 1. The zero-order chi connectivity index (χ0) is 18.7. The van der Waals surface area contributed by atoms with Crippen molar-refractivity contribution in [2.45, 2.75) is 46.0 Å². The van der Waals surface area contributed by atoms with Gasteiger partial charge in [-0.15, -0.1) is 0 Å². The number of carbonyl (C=O) groups is 2. The lowest BCUT2D eigenvalue weighted by molar-refractivity contribution is -0.138. The highest BCUT2D eigenvalue weighted by Gasteiger charge is 2.42. The number of anilines is 1. The SMILES string of the molecule is CC(C)CCN1C[C@]2(CCCN(c3ncccc3C(N)=O)C2)CCC1=O. The molecule has 142 valence electrons. The van der Waals surface area contributed by atoms with E-state index in [-0.39, 0.29) is 11.3 Å². The second-order valence-corrected chi connectivity index (χ2v) is 8.26. The van der Waals surface area contributed by atoms with Gasteiger partial charge in [0.25, 0.3) is 5.91 Å². The lowest BCUT2D eigenvalue weighted by atomic mass is 9.73. The largest absolute Gasteiger partial charge is 0.365 e. The first kappa shape index (κ1) is 18.7. The molecule has 3 heterocycles. The van der Waals surface area contributed by atoms with E-state index < -0.39 is 5.91 Å². The molecule has 2 saturated heterocycles. The number of carbonyl (C=O) groups excluding carboxylic acids is 2. The zero-order valence-electron chi connectivity index (χ0n) is 15.9. The van der Waals surface area contributed by atoms with E-state index in [1.165, 1.54) is 0 Å². The van der Waals surface area contributed by atoms with E-state index in [0.29, 0.717) is 23.7 Å². The summed E-state index contributed by atoms with van der Waals surface area (Å²) in [6.07, 6.45) is 6.45. The fraction of sp³-hybridized carbons (Fsp3) is 0.650. The van der Waals surface area contributed by atoms with Crippen LogP contribution in [0.25, 0.3) is 0 Å². The Morgan fingerprint density at radius 2 is 2.15 bits per heavy atom. The van der Waals surface area contributed by atoms with E-state index in [1.807, 2.05) is 0 Å². The standard InChI is InChI=1S/C20H30N4O2/c1-15(2)7-12-23-13-20(9-6-17(23)25)8-4-11-24(14-20)19-16(18(21)26)5-3-10-22-19/h3,5,10,15H,4,6-9,11-14H2,1-2H3,(H2,21,26)/t20-/m0/s1. The maximum Gasteiger partial charge on any atom is 0.252 e. The topological polar surface area (TPSA) is 79.5 Å². The number of pyridine rings is 1. The van der Waals surface area contributed by atoms with Crippen LogP contribution in [0.2, 0.25) is 0 Å². The molecule has 0 saturated carbocycles. The van der Waals surface area contributed by atoms with E-state index in [2.05, 4.69) is 28.6 Å². The fourth-order valence-electron chi connectivity index (χ4n) is 4.28. The number of hydrogen-bond acceptors (Lipinski definition) is 4. The van der Waals surface area contributed by atoms with Gasteiger partial charge in [-0.25, -0.2) is 4.98 Å². The Kier molecular flexibility index (Phi) is 5.49. The van der Waals surface area contributed by atoms with E-state index in [9.17, 15) is 9.59 Å². The van der Waals surface area contributed by atoms with E-state index in [1.54, 1.807) is 18.3 Å². The lowest BCUT2D eigenvalue weighted by Crippen LogP contribution is -2.54. The molecule has 26 heavy (non-hydrogen) atoms. The van der Waals surface area contributed by atoms with Crippen LogP contribution in [-0.2, 0) is 4.79 Å². The van der Waals surface area contributed by atoms with Crippen LogP contribution >= 0.6 is 0 Å². The molecule has 0 bridgehead atoms. The van der Waals surface area contributed by atoms with Crippen molar-refractivity contribution in [1.29, 1.82) is 0 Å². The average molecular weight is 358 g/mol. The highest BCUT2D eigenvalue weighted by molar-refractivity contribution is 5.97. The first-order chi connectivity index (χ1) is 12.4. The molecule has 1 aromatic rings. The van der Waals surface area contributed by atoms with E-state index in [4.69, 9.17) is 5.73 Å². The quantitative estimate of drug-likeness (QED) is 0.877. The Hall–Kier alpha value is -2.11. The van der Waals surface area contributed by atoms with Gasteiger partial charge < -0.3 is 15.5 Å². The van der Waals surface area contributed by atoms with Gasteiger partial charge in [0.05, 0.1) is 5.56 Å². The van der Waals surface area contributed by atoms with Crippen molar-refractivity contribution in [3.63, 3.8) is 0 Å². The molecule has 2 amide bonds. The van der Waals surface area contributed by atoms with Crippen LogP contribution in [0.5, 0.6) is 0 Å². The minimum absolute atomic E-state index is 0.0928. The van der Waals surface area contributed by atoms with Gasteiger partial charge in [0.1, 0.15) is 5.82 Å². The van der Waals surface area contributed by atoms with Crippen molar-refractivity contribution in [2.24, 2.45) is 17.1 Å². The number of aromatic nitrogens is 1. The smallest absolute Gasteiger partial charge is 0.252 e. The van der Waals surface area contributed by atoms with Gasteiger partial charge >= 0.3 is 0 Å². The van der Waals surface area contributed by atoms with Gasteiger partial charge in [-0.3, -0.25) is 9.59 Å². The first-order valence-electron chi connectivity index (χ1n) is 9.68. The molecule has 0 aromatic carbocycles. The monoisotopic (exact) mass is 358 g/mol. The molecule has 2 N–H and O–H groups in total. The predicted molar refractivity (Wildman–Crippen MR) is 102 cm³/mol. The predicted octanol–water partition coefficient (Wildman–Crippen LogP) is 2.44. The van der Waals surface area contributed by atoms with Crippen LogP contribution in [-0.4, -0.2) is 47.9 Å². The fourth-order valence-corrected chi connectivity index (χ4v) is 4.28. The second-order valence-electron chi connectivity index (χ2n) is 8.26. The molecule has 1 spiro atoms. The number of rotatable bonds is 5. The van der Waals surface area contributed by atoms with Crippen molar-refractivity contribution in [2.75, 3.05) is 31.1 Å². The maximum absolute atomic E-state index is 12.4. The van der Waals surface area contributed by atoms with Crippen molar-refractivity contribution in [3.8, 4) is 0 Å².